The van der Waals surface area contributed by atoms with E-state index < -0.39 is 42.7 Å². The van der Waals surface area contributed by atoms with Crippen LogP contribution in [0.3, 0.4) is 0 Å². The van der Waals surface area contributed by atoms with Crippen LogP contribution in [0.25, 0.3) is 11.1 Å². The highest BCUT2D eigenvalue weighted by Gasteiger charge is 2.33. The summed E-state index contributed by atoms with van der Waals surface area (Å²) in [6.45, 7) is 3.11. The van der Waals surface area contributed by atoms with E-state index in [4.69, 9.17) is 15.2 Å². The maximum atomic E-state index is 13.7. The largest absolute Gasteiger partial charge is 0.496 e. The number of ether oxygens (including phenoxy) is 2. The Morgan fingerprint density at radius 2 is 1.51 bits per heavy atom. The van der Waals surface area contributed by atoms with E-state index in [9.17, 15) is 31.1 Å². The van der Waals surface area contributed by atoms with Crippen molar-refractivity contribution in [2.75, 3.05) is 20.0 Å². The van der Waals surface area contributed by atoms with Crippen LogP contribution in [0.15, 0.2) is 54.6 Å². The summed E-state index contributed by atoms with van der Waals surface area (Å²) in [6.07, 6.45) is -10.3. The molecule has 0 aliphatic carbocycles. The Morgan fingerprint density at radius 1 is 0.846 bits per heavy atom. The number of hydrogen-bond donors (Lipinski definition) is 1. The topological polar surface area (TPSA) is 64.8 Å². The highest BCUT2D eigenvalue weighted by Crippen LogP contribution is 2.39. The van der Waals surface area contributed by atoms with Gasteiger partial charge in [-0.05, 0) is 70.6 Å². The second kappa shape index (κ2) is 11.5. The monoisotopic (exact) mass is 554 g/mol. The normalized spacial score (nSPS) is 12.0. The summed E-state index contributed by atoms with van der Waals surface area (Å²) in [4.78, 5) is 13.7. The fourth-order valence-corrected chi connectivity index (χ4v) is 4.17. The van der Waals surface area contributed by atoms with Crippen molar-refractivity contribution < 1.29 is 40.6 Å². The minimum absolute atomic E-state index is 0.0284. The number of carbonyl (C=O) groups is 1. The van der Waals surface area contributed by atoms with E-state index >= 15 is 0 Å². The Morgan fingerprint density at radius 3 is 2.08 bits per heavy atom. The molecule has 11 heteroatoms. The van der Waals surface area contributed by atoms with Gasteiger partial charge in [-0.1, -0.05) is 26.0 Å². The molecule has 0 bridgehead atoms. The van der Waals surface area contributed by atoms with Crippen LogP contribution in [0.5, 0.6) is 5.75 Å². The average Bonchev–Trinajstić information content (AvgIpc) is 2.86. The molecule has 0 fully saturated rings. The number of anilines is 1. The number of benzene rings is 3. The van der Waals surface area contributed by atoms with Crippen molar-refractivity contribution in [2.45, 2.75) is 45.2 Å². The number of rotatable bonds is 7. The number of alkyl halides is 6. The molecule has 39 heavy (non-hydrogen) atoms. The molecule has 0 atom stereocenters. The first-order valence-electron chi connectivity index (χ1n) is 11.8. The highest BCUT2D eigenvalue weighted by molar-refractivity contribution is 5.76. The molecular weight excluding hydrogens is 526 g/mol. The van der Waals surface area contributed by atoms with Crippen molar-refractivity contribution in [3.63, 3.8) is 0 Å². The summed E-state index contributed by atoms with van der Waals surface area (Å²) in [6, 6.07) is 11.3. The van der Waals surface area contributed by atoms with E-state index in [1.807, 2.05) is 19.9 Å². The number of methoxy groups -OCH3 is 2. The van der Waals surface area contributed by atoms with Crippen LogP contribution in [0.4, 0.5) is 36.8 Å². The average molecular weight is 555 g/mol. The fraction of sp³-hybridized carbons (Fsp3) is 0.321. The predicted octanol–water partition coefficient (Wildman–Crippen LogP) is 7.87. The molecule has 210 valence electrons. The molecule has 3 aromatic rings. The lowest BCUT2D eigenvalue weighted by atomic mass is 9.92. The molecule has 0 saturated carbocycles. The Balaban J connectivity index is 2.16. The smallest absolute Gasteiger partial charge is 0.416 e. The lowest BCUT2D eigenvalue weighted by molar-refractivity contribution is -0.138. The number of nitrogens with two attached hydrogens (primary N) is 1. The lowest BCUT2D eigenvalue weighted by Crippen LogP contribution is -2.30. The van der Waals surface area contributed by atoms with Crippen LogP contribution < -0.4 is 10.5 Å². The van der Waals surface area contributed by atoms with Crippen molar-refractivity contribution in [3.05, 3.63) is 82.4 Å². The highest BCUT2D eigenvalue weighted by atomic mass is 19.4. The van der Waals surface area contributed by atoms with Crippen molar-refractivity contribution in [2.24, 2.45) is 0 Å². The maximum absolute atomic E-state index is 13.7. The number of halogens is 6. The van der Waals surface area contributed by atoms with Gasteiger partial charge in [0.15, 0.2) is 0 Å². The predicted molar refractivity (Wildman–Crippen MR) is 135 cm³/mol. The number of nitrogen functional groups attached to an aromatic ring is 1. The first-order chi connectivity index (χ1) is 18.1. The van der Waals surface area contributed by atoms with Crippen LogP contribution in [-0.2, 0) is 30.2 Å². The van der Waals surface area contributed by atoms with Gasteiger partial charge in [-0.3, -0.25) is 4.90 Å². The van der Waals surface area contributed by atoms with E-state index in [-0.39, 0.29) is 22.7 Å². The zero-order valence-electron chi connectivity index (χ0n) is 21.7. The van der Waals surface area contributed by atoms with E-state index in [0.717, 1.165) is 41.8 Å². The number of amides is 1. The first-order valence-corrected chi connectivity index (χ1v) is 11.8. The molecule has 5 nitrogen and oxygen atoms in total. The molecule has 2 N–H and O–H groups in total. The summed E-state index contributed by atoms with van der Waals surface area (Å²) in [5, 5.41) is 0. The van der Waals surface area contributed by atoms with Crippen molar-refractivity contribution in [3.8, 4) is 16.9 Å². The molecule has 0 saturated heterocycles. The third kappa shape index (κ3) is 7.15. The number of nitrogens with zero attached hydrogens (tertiary/aromatic N) is 1. The van der Waals surface area contributed by atoms with Crippen LogP contribution in [0.2, 0.25) is 0 Å². The molecule has 0 heterocycles. The van der Waals surface area contributed by atoms with Gasteiger partial charge in [0.2, 0.25) is 0 Å². The Hall–Kier alpha value is -3.89. The second-order valence-corrected chi connectivity index (χ2v) is 9.27. The molecule has 0 unspecified atom stereocenters. The van der Waals surface area contributed by atoms with Gasteiger partial charge in [-0.15, -0.1) is 0 Å². The maximum Gasteiger partial charge on any atom is 0.416 e. The molecule has 0 spiro atoms. The SMILES string of the molecule is COC(=O)N(Cc1cc(N)cc(C(F)(F)F)c1)Cc1cc(C(F)(F)F)ccc1-c1cc(C(C)C)ccc1OC. The van der Waals surface area contributed by atoms with Crippen molar-refractivity contribution >= 4 is 11.8 Å². The molecule has 1 amide bonds. The minimum atomic E-state index is -4.69. The van der Waals surface area contributed by atoms with Gasteiger partial charge in [-0.2, -0.15) is 26.3 Å². The van der Waals surface area contributed by atoms with Crippen LogP contribution in [-0.4, -0.2) is 25.2 Å². The third-order valence-electron chi connectivity index (χ3n) is 6.12. The lowest BCUT2D eigenvalue weighted by Gasteiger charge is -2.25. The molecule has 0 radical (unpaired) electrons. The van der Waals surface area contributed by atoms with Gasteiger partial charge in [0.1, 0.15) is 5.75 Å². The van der Waals surface area contributed by atoms with Gasteiger partial charge in [0.25, 0.3) is 0 Å². The molecule has 3 aromatic carbocycles. The third-order valence-corrected chi connectivity index (χ3v) is 6.12. The molecule has 0 aromatic heterocycles. The fourth-order valence-electron chi connectivity index (χ4n) is 4.17. The summed E-state index contributed by atoms with van der Waals surface area (Å²) in [5.41, 5.74) is 5.40. The van der Waals surface area contributed by atoms with Crippen LogP contribution in [0, 0.1) is 0 Å². The van der Waals surface area contributed by atoms with Gasteiger partial charge < -0.3 is 15.2 Å². The minimum Gasteiger partial charge on any atom is -0.496 e. The molecule has 0 aliphatic heterocycles. The summed E-state index contributed by atoms with van der Waals surface area (Å²) < 4.78 is 91.3. The summed E-state index contributed by atoms with van der Waals surface area (Å²) in [7, 11) is 2.49. The van der Waals surface area contributed by atoms with Crippen molar-refractivity contribution in [1.82, 2.24) is 4.90 Å². The van der Waals surface area contributed by atoms with Crippen LogP contribution in [0.1, 0.15) is 47.6 Å². The van der Waals surface area contributed by atoms with Gasteiger partial charge in [0.05, 0.1) is 25.3 Å². The molecular formula is C28H28F6N2O3. The zero-order valence-corrected chi connectivity index (χ0v) is 21.7. The van der Waals surface area contributed by atoms with Crippen molar-refractivity contribution in [1.29, 1.82) is 0 Å². The standard InChI is InChI=1S/C28H28F6N2O3/c1-16(2)18-5-8-25(38-3)24(12-18)23-7-6-20(27(29,30)31)11-19(23)15-36(26(37)39-4)14-17-9-21(28(32,33)34)13-22(35)10-17/h5-13,16H,14-15,35H2,1-4H3. The molecule has 3 rings (SSSR count). The van der Waals surface area contributed by atoms with Crippen LogP contribution >= 0.6 is 0 Å². The Labute approximate surface area is 222 Å². The first kappa shape index (κ1) is 29.7. The van der Waals surface area contributed by atoms with E-state index in [0.29, 0.717) is 16.9 Å². The Kier molecular flexibility index (Phi) is 8.72. The summed E-state index contributed by atoms with van der Waals surface area (Å²) in [5.74, 6) is 0.501. The summed E-state index contributed by atoms with van der Waals surface area (Å²) >= 11 is 0. The van der Waals surface area contributed by atoms with E-state index in [2.05, 4.69) is 0 Å². The zero-order chi connectivity index (χ0) is 29.1. The van der Waals surface area contributed by atoms with E-state index in [1.165, 1.54) is 19.2 Å². The van der Waals surface area contributed by atoms with Gasteiger partial charge >= 0.3 is 18.4 Å². The van der Waals surface area contributed by atoms with Gasteiger partial charge in [0, 0.05) is 24.3 Å². The quantitative estimate of drug-likeness (QED) is 0.238. The second-order valence-electron chi connectivity index (χ2n) is 9.27. The number of hydrogen-bond acceptors (Lipinski definition) is 4. The van der Waals surface area contributed by atoms with E-state index in [1.54, 1.807) is 12.1 Å². The Bertz CT molecular complexity index is 1340. The molecule has 0 aliphatic rings. The number of carbonyl (C=O) groups excluding carboxylic acids is 1. The van der Waals surface area contributed by atoms with Gasteiger partial charge in [-0.25, -0.2) is 4.79 Å².